The third-order valence-corrected chi connectivity index (χ3v) is 9.50. The van der Waals surface area contributed by atoms with Crippen molar-refractivity contribution in [1.29, 1.82) is 0 Å². The highest BCUT2D eigenvalue weighted by Gasteiger charge is 2.37. The Bertz CT molecular complexity index is 1090. The van der Waals surface area contributed by atoms with E-state index in [0.29, 0.717) is 25.6 Å². The molecular formula is C28H39N3O3S. The molecule has 1 atom stereocenters. The van der Waals surface area contributed by atoms with Gasteiger partial charge in [0.05, 0.1) is 10.9 Å². The summed E-state index contributed by atoms with van der Waals surface area (Å²) in [7, 11) is -1.53. The number of carbonyl (C=O) groups is 1. The summed E-state index contributed by atoms with van der Waals surface area (Å²) in [6.45, 7) is 3.88. The maximum Gasteiger partial charge on any atom is 0.243 e. The molecule has 0 bridgehead atoms. The van der Waals surface area contributed by atoms with Gasteiger partial charge in [-0.05, 0) is 69.5 Å². The van der Waals surface area contributed by atoms with E-state index in [1.54, 1.807) is 12.1 Å². The van der Waals surface area contributed by atoms with Crippen LogP contribution in [0.4, 0.5) is 0 Å². The van der Waals surface area contributed by atoms with Gasteiger partial charge in [0.15, 0.2) is 0 Å². The number of benzene rings is 2. The van der Waals surface area contributed by atoms with E-state index in [4.69, 9.17) is 0 Å². The highest BCUT2D eigenvalue weighted by molar-refractivity contribution is 7.89. The molecule has 0 saturated heterocycles. The molecule has 6 nitrogen and oxygen atoms in total. The molecule has 0 aromatic heterocycles. The maximum absolute atomic E-state index is 13.6. The molecule has 0 radical (unpaired) electrons. The van der Waals surface area contributed by atoms with Gasteiger partial charge in [0.1, 0.15) is 0 Å². The van der Waals surface area contributed by atoms with E-state index in [-0.39, 0.29) is 17.2 Å². The minimum Gasteiger partial charge on any atom is -0.356 e. The Hall–Kier alpha value is -2.22. The van der Waals surface area contributed by atoms with Crippen LogP contribution in [0.25, 0.3) is 0 Å². The van der Waals surface area contributed by atoms with Crippen LogP contribution in [0.1, 0.15) is 67.7 Å². The van der Waals surface area contributed by atoms with E-state index >= 15 is 0 Å². The molecule has 2 aromatic carbocycles. The Kier molecular flexibility index (Phi) is 8.63. The number of hydrogen-bond donors (Lipinski definition) is 1. The van der Waals surface area contributed by atoms with Gasteiger partial charge in [-0.1, -0.05) is 61.2 Å². The monoisotopic (exact) mass is 497 g/mol. The summed E-state index contributed by atoms with van der Waals surface area (Å²) in [6.07, 6.45) is 8.19. The molecule has 1 aliphatic carbocycles. The molecule has 1 saturated carbocycles. The molecule has 2 aromatic rings. The van der Waals surface area contributed by atoms with E-state index in [0.717, 1.165) is 29.7 Å². The van der Waals surface area contributed by atoms with Crippen LogP contribution in [0.5, 0.6) is 0 Å². The largest absolute Gasteiger partial charge is 0.356 e. The van der Waals surface area contributed by atoms with Crippen molar-refractivity contribution in [2.75, 3.05) is 26.7 Å². The van der Waals surface area contributed by atoms with Crippen molar-refractivity contribution < 1.29 is 13.2 Å². The third-order valence-electron chi connectivity index (χ3n) is 7.58. The lowest BCUT2D eigenvalue weighted by Crippen LogP contribution is -2.42. The van der Waals surface area contributed by atoms with Crippen LogP contribution in [0.2, 0.25) is 0 Å². The van der Waals surface area contributed by atoms with Gasteiger partial charge < -0.3 is 10.2 Å². The Labute approximate surface area is 210 Å². The molecular weight excluding hydrogens is 458 g/mol. The summed E-state index contributed by atoms with van der Waals surface area (Å²) in [5.41, 5.74) is 3.06. The minimum atomic E-state index is -3.72. The van der Waals surface area contributed by atoms with Gasteiger partial charge in [-0.2, -0.15) is 4.31 Å². The van der Waals surface area contributed by atoms with Crippen molar-refractivity contribution in [3.05, 3.63) is 65.2 Å². The molecule has 190 valence electrons. The number of sulfonamides is 1. The predicted molar refractivity (Wildman–Crippen MR) is 140 cm³/mol. The first-order chi connectivity index (χ1) is 16.9. The fourth-order valence-electron chi connectivity index (χ4n) is 5.48. The zero-order valence-electron chi connectivity index (χ0n) is 21.1. The van der Waals surface area contributed by atoms with Crippen molar-refractivity contribution in [2.45, 2.75) is 75.3 Å². The topological polar surface area (TPSA) is 69.7 Å². The average Bonchev–Trinajstić information content (AvgIpc) is 2.87. The Balaban J connectivity index is 1.41. The molecule has 1 heterocycles. The van der Waals surface area contributed by atoms with Gasteiger partial charge in [0.2, 0.25) is 15.9 Å². The van der Waals surface area contributed by atoms with Gasteiger partial charge >= 0.3 is 0 Å². The second kappa shape index (κ2) is 11.7. The number of rotatable bonds is 9. The summed E-state index contributed by atoms with van der Waals surface area (Å²) in [5.74, 6) is -0.101. The van der Waals surface area contributed by atoms with Crippen molar-refractivity contribution >= 4 is 15.9 Å². The predicted octanol–water partition coefficient (Wildman–Crippen LogP) is 4.44. The zero-order valence-corrected chi connectivity index (χ0v) is 21.9. The normalized spacial score (nSPS) is 19.5. The molecule has 35 heavy (non-hydrogen) atoms. The number of aryl methyl sites for hydroxylation is 1. The van der Waals surface area contributed by atoms with Gasteiger partial charge in [0, 0.05) is 25.6 Å². The Morgan fingerprint density at radius 1 is 1.06 bits per heavy atom. The molecule has 7 heteroatoms. The van der Waals surface area contributed by atoms with Crippen molar-refractivity contribution in [3.8, 4) is 0 Å². The quantitative estimate of drug-likeness (QED) is 0.520. The van der Waals surface area contributed by atoms with Crippen LogP contribution in [-0.4, -0.2) is 56.3 Å². The van der Waals surface area contributed by atoms with Crippen LogP contribution in [0, 0.1) is 6.92 Å². The fourth-order valence-corrected chi connectivity index (χ4v) is 7.09. The van der Waals surface area contributed by atoms with E-state index in [1.165, 1.54) is 36.4 Å². The van der Waals surface area contributed by atoms with Crippen LogP contribution in [-0.2, 0) is 21.2 Å². The van der Waals surface area contributed by atoms with Gasteiger partial charge in [-0.25, -0.2) is 8.42 Å². The van der Waals surface area contributed by atoms with E-state index < -0.39 is 16.1 Å². The molecule has 1 fully saturated rings. The smallest absolute Gasteiger partial charge is 0.243 e. The van der Waals surface area contributed by atoms with Crippen LogP contribution < -0.4 is 5.32 Å². The van der Waals surface area contributed by atoms with Gasteiger partial charge in [0.25, 0.3) is 0 Å². The van der Waals surface area contributed by atoms with Crippen LogP contribution >= 0.6 is 0 Å². The zero-order chi connectivity index (χ0) is 24.8. The summed E-state index contributed by atoms with van der Waals surface area (Å²) < 4.78 is 28.7. The summed E-state index contributed by atoms with van der Waals surface area (Å²) in [5, 5.41) is 3.05. The first-order valence-electron chi connectivity index (χ1n) is 13.0. The van der Waals surface area contributed by atoms with E-state index in [1.807, 2.05) is 43.3 Å². The van der Waals surface area contributed by atoms with E-state index in [9.17, 15) is 13.2 Å². The van der Waals surface area contributed by atoms with E-state index in [2.05, 4.69) is 17.3 Å². The summed E-state index contributed by atoms with van der Waals surface area (Å²) >= 11 is 0. The average molecular weight is 498 g/mol. The lowest BCUT2D eigenvalue weighted by Gasteiger charge is -2.36. The van der Waals surface area contributed by atoms with Gasteiger partial charge in [-0.15, -0.1) is 0 Å². The molecule has 1 N–H and O–H groups in total. The van der Waals surface area contributed by atoms with Crippen molar-refractivity contribution in [2.24, 2.45) is 0 Å². The lowest BCUT2D eigenvalue weighted by atomic mass is 9.92. The van der Waals surface area contributed by atoms with Crippen LogP contribution in [0.3, 0.4) is 0 Å². The third kappa shape index (κ3) is 6.32. The molecule has 2 aliphatic rings. The molecule has 1 amide bonds. The number of hydrogen-bond acceptors (Lipinski definition) is 4. The molecule has 4 rings (SSSR count). The number of amides is 1. The standard InChI is InChI=1S/C28H39N3O3S/c1-22-13-15-25(16-14-22)35(33,34)31-20-17-23-9-6-7-12-26(23)27(31)21-28(32)29-18-8-19-30(2)24-10-4-3-5-11-24/h6-7,9,12-16,24,27H,3-5,8,10-11,17-21H2,1-2H3,(H,29,32)/t27-/m0/s1. The highest BCUT2D eigenvalue weighted by Crippen LogP contribution is 2.36. The van der Waals surface area contributed by atoms with Crippen molar-refractivity contribution in [3.63, 3.8) is 0 Å². The molecule has 0 spiro atoms. The SMILES string of the molecule is Cc1ccc(S(=O)(=O)N2CCc3ccccc3[C@@H]2CC(=O)NCCCN(C)C2CCCCC2)cc1. The summed E-state index contributed by atoms with van der Waals surface area (Å²) in [6, 6.07) is 15.0. The lowest BCUT2D eigenvalue weighted by molar-refractivity contribution is -0.122. The minimum absolute atomic E-state index is 0.101. The second-order valence-corrected chi connectivity index (χ2v) is 12.0. The first-order valence-corrected chi connectivity index (χ1v) is 14.4. The summed E-state index contributed by atoms with van der Waals surface area (Å²) in [4.78, 5) is 15.7. The number of nitrogens with zero attached hydrogens (tertiary/aromatic N) is 2. The number of carbonyl (C=O) groups excluding carboxylic acids is 1. The Morgan fingerprint density at radius 3 is 2.51 bits per heavy atom. The first kappa shape index (κ1) is 25.9. The van der Waals surface area contributed by atoms with Crippen molar-refractivity contribution in [1.82, 2.24) is 14.5 Å². The number of nitrogens with one attached hydrogen (secondary N) is 1. The maximum atomic E-state index is 13.6. The highest BCUT2D eigenvalue weighted by atomic mass is 32.2. The van der Waals surface area contributed by atoms with Crippen LogP contribution in [0.15, 0.2) is 53.4 Å². The molecule has 0 unspecified atom stereocenters. The Morgan fingerprint density at radius 2 is 1.77 bits per heavy atom. The second-order valence-electron chi connectivity index (χ2n) is 10.1. The number of fused-ring (bicyclic) bond motifs is 1. The van der Waals surface area contributed by atoms with Gasteiger partial charge in [-0.3, -0.25) is 4.79 Å². The molecule has 1 aliphatic heterocycles. The fraction of sp³-hybridized carbons (Fsp3) is 0.536.